The van der Waals surface area contributed by atoms with E-state index in [2.05, 4.69) is 16.6 Å². The van der Waals surface area contributed by atoms with Crippen LogP contribution < -0.4 is 14.4 Å². The second-order valence-electron chi connectivity index (χ2n) is 8.06. The van der Waals surface area contributed by atoms with Crippen LogP contribution in [0.4, 0.5) is 20.2 Å². The zero-order valence-corrected chi connectivity index (χ0v) is 20.8. The molecule has 0 aliphatic carbocycles. The lowest BCUT2D eigenvalue weighted by Gasteiger charge is -2.28. The van der Waals surface area contributed by atoms with E-state index in [1.165, 1.54) is 12.1 Å². The summed E-state index contributed by atoms with van der Waals surface area (Å²) in [6.45, 7) is 4.63. The fourth-order valence-electron chi connectivity index (χ4n) is 3.57. The number of hydrogen-bond donors (Lipinski definition) is 1. The molecule has 35 heavy (non-hydrogen) atoms. The molecule has 0 radical (unpaired) electrons. The Labute approximate surface area is 205 Å². The molecule has 0 saturated carbocycles. The van der Waals surface area contributed by atoms with E-state index in [0.29, 0.717) is 35.7 Å². The average molecular weight is 499 g/mol. The number of ether oxygens (including phenoxy) is 1. The monoisotopic (exact) mass is 498 g/mol. The van der Waals surface area contributed by atoms with E-state index >= 15 is 0 Å². The van der Waals surface area contributed by atoms with Crippen molar-refractivity contribution < 1.29 is 21.9 Å². The maximum Gasteiger partial charge on any atom is 0.229 e. The Balaban J connectivity index is 1.91. The van der Waals surface area contributed by atoms with Crippen LogP contribution in [-0.4, -0.2) is 21.3 Å². The molecule has 0 heterocycles. The maximum absolute atomic E-state index is 14.5. The van der Waals surface area contributed by atoms with Crippen molar-refractivity contribution in [1.82, 2.24) is 0 Å². The van der Waals surface area contributed by atoms with E-state index in [4.69, 9.17) is 4.74 Å². The van der Waals surface area contributed by atoms with Crippen LogP contribution in [0.5, 0.6) is 5.75 Å². The van der Waals surface area contributed by atoms with Crippen LogP contribution in [0.3, 0.4) is 0 Å². The number of sulfonamides is 1. The SMILES string of the molecule is CCC#CCOc1ccc(CN(Cc2ccc(F)cc2F)c2cccc(NS(C)(=O)=O)c2C)cc1. The van der Waals surface area contributed by atoms with Gasteiger partial charge in [0.2, 0.25) is 10.0 Å². The molecule has 3 rings (SSSR count). The topological polar surface area (TPSA) is 58.6 Å². The molecule has 0 aromatic heterocycles. The van der Waals surface area contributed by atoms with E-state index in [-0.39, 0.29) is 6.54 Å². The third kappa shape index (κ3) is 7.72. The third-order valence-electron chi connectivity index (χ3n) is 5.23. The van der Waals surface area contributed by atoms with Gasteiger partial charge in [-0.1, -0.05) is 37.1 Å². The Morgan fingerprint density at radius 3 is 2.40 bits per heavy atom. The predicted molar refractivity (Wildman–Crippen MR) is 136 cm³/mol. The van der Waals surface area contributed by atoms with Crippen molar-refractivity contribution in [1.29, 1.82) is 0 Å². The second-order valence-corrected chi connectivity index (χ2v) is 9.80. The van der Waals surface area contributed by atoms with Crippen molar-refractivity contribution >= 4 is 21.4 Å². The van der Waals surface area contributed by atoms with Crippen molar-refractivity contribution in [3.63, 3.8) is 0 Å². The number of nitrogens with one attached hydrogen (secondary N) is 1. The molecule has 0 atom stereocenters. The largest absolute Gasteiger partial charge is 0.481 e. The van der Waals surface area contributed by atoms with Gasteiger partial charge in [-0.05, 0) is 48.4 Å². The summed E-state index contributed by atoms with van der Waals surface area (Å²) in [7, 11) is -3.48. The molecule has 0 aliphatic heterocycles. The molecule has 0 aliphatic rings. The van der Waals surface area contributed by atoms with Crippen LogP contribution >= 0.6 is 0 Å². The number of nitrogens with zero attached hydrogens (tertiary/aromatic N) is 1. The Bertz CT molecular complexity index is 1330. The molecule has 8 heteroatoms. The summed E-state index contributed by atoms with van der Waals surface area (Å²) in [5, 5.41) is 0. The third-order valence-corrected chi connectivity index (χ3v) is 5.82. The first-order valence-corrected chi connectivity index (χ1v) is 13.0. The first-order valence-electron chi connectivity index (χ1n) is 11.1. The zero-order chi connectivity index (χ0) is 25.4. The van der Waals surface area contributed by atoms with Crippen molar-refractivity contribution in [2.75, 3.05) is 22.5 Å². The summed E-state index contributed by atoms with van der Waals surface area (Å²) in [4.78, 5) is 1.92. The van der Waals surface area contributed by atoms with Gasteiger partial charge in [0.05, 0.1) is 11.9 Å². The summed E-state index contributed by atoms with van der Waals surface area (Å²) in [5.74, 6) is 5.27. The Kier molecular flexibility index (Phi) is 8.72. The number of hydrogen-bond acceptors (Lipinski definition) is 4. The van der Waals surface area contributed by atoms with E-state index in [9.17, 15) is 17.2 Å². The van der Waals surface area contributed by atoms with Gasteiger partial charge in [0.15, 0.2) is 0 Å². The predicted octanol–water partition coefficient (Wildman–Crippen LogP) is 5.64. The molecule has 5 nitrogen and oxygen atoms in total. The molecule has 0 fully saturated rings. The van der Waals surface area contributed by atoms with Gasteiger partial charge in [-0.25, -0.2) is 17.2 Å². The lowest BCUT2D eigenvalue weighted by Crippen LogP contribution is -2.24. The van der Waals surface area contributed by atoms with Gasteiger partial charge in [0, 0.05) is 36.8 Å². The van der Waals surface area contributed by atoms with Crippen molar-refractivity contribution in [2.24, 2.45) is 0 Å². The zero-order valence-electron chi connectivity index (χ0n) is 19.9. The van der Waals surface area contributed by atoms with E-state index in [1.807, 2.05) is 42.2 Å². The highest BCUT2D eigenvalue weighted by atomic mass is 32.2. The Morgan fingerprint density at radius 2 is 1.74 bits per heavy atom. The van der Waals surface area contributed by atoms with Gasteiger partial charge in [0.25, 0.3) is 0 Å². The van der Waals surface area contributed by atoms with E-state index < -0.39 is 21.7 Å². The molecule has 184 valence electrons. The summed E-state index contributed by atoms with van der Waals surface area (Å²) in [6, 6.07) is 16.2. The number of anilines is 2. The summed E-state index contributed by atoms with van der Waals surface area (Å²) in [5.41, 5.74) is 3.10. The molecule has 0 bridgehead atoms. The number of halogens is 2. The molecular formula is C27H28F2N2O3S. The van der Waals surface area contributed by atoms with Crippen LogP contribution in [0.2, 0.25) is 0 Å². The number of benzene rings is 3. The van der Waals surface area contributed by atoms with E-state index in [1.54, 1.807) is 19.1 Å². The van der Waals surface area contributed by atoms with Gasteiger partial charge in [-0.15, -0.1) is 5.92 Å². The van der Waals surface area contributed by atoms with Crippen molar-refractivity contribution in [2.45, 2.75) is 33.4 Å². The van der Waals surface area contributed by atoms with Gasteiger partial charge in [-0.3, -0.25) is 4.72 Å². The second kappa shape index (κ2) is 11.7. The molecule has 0 spiro atoms. The first-order chi connectivity index (χ1) is 16.7. The molecule has 0 unspecified atom stereocenters. The molecule has 1 N–H and O–H groups in total. The average Bonchev–Trinajstić information content (AvgIpc) is 2.79. The van der Waals surface area contributed by atoms with Crippen LogP contribution in [0.1, 0.15) is 30.0 Å². The quantitative estimate of drug-likeness (QED) is 0.388. The molecule has 3 aromatic rings. The lowest BCUT2D eigenvalue weighted by atomic mass is 10.1. The summed E-state index contributed by atoms with van der Waals surface area (Å²) in [6.07, 6.45) is 1.86. The first kappa shape index (κ1) is 26.0. The van der Waals surface area contributed by atoms with Gasteiger partial charge < -0.3 is 9.64 Å². The fourth-order valence-corrected chi connectivity index (χ4v) is 4.19. The fraction of sp³-hybridized carbons (Fsp3) is 0.259. The molecule has 0 amide bonds. The smallest absolute Gasteiger partial charge is 0.229 e. The minimum Gasteiger partial charge on any atom is -0.481 e. The summed E-state index contributed by atoms with van der Waals surface area (Å²) < 4.78 is 59.7. The van der Waals surface area contributed by atoms with Crippen LogP contribution in [0, 0.1) is 30.4 Å². The molecule has 0 saturated heterocycles. The Morgan fingerprint density at radius 1 is 1.00 bits per heavy atom. The van der Waals surface area contributed by atoms with Crippen molar-refractivity contribution in [3.05, 3.63) is 89.0 Å². The highest BCUT2D eigenvalue weighted by molar-refractivity contribution is 7.92. The minimum absolute atomic E-state index is 0.153. The summed E-state index contributed by atoms with van der Waals surface area (Å²) >= 11 is 0. The lowest BCUT2D eigenvalue weighted by molar-refractivity contribution is 0.370. The highest BCUT2D eigenvalue weighted by Gasteiger charge is 2.17. The van der Waals surface area contributed by atoms with E-state index in [0.717, 1.165) is 30.0 Å². The van der Waals surface area contributed by atoms with Crippen LogP contribution in [0.15, 0.2) is 60.7 Å². The normalized spacial score (nSPS) is 10.9. The number of rotatable bonds is 9. The Hall–Kier alpha value is -3.57. The molecular weight excluding hydrogens is 470 g/mol. The van der Waals surface area contributed by atoms with Gasteiger partial charge in [0.1, 0.15) is 24.0 Å². The van der Waals surface area contributed by atoms with Crippen molar-refractivity contribution in [3.8, 4) is 17.6 Å². The highest BCUT2D eigenvalue weighted by Crippen LogP contribution is 2.30. The van der Waals surface area contributed by atoms with Crippen LogP contribution in [0.25, 0.3) is 0 Å². The van der Waals surface area contributed by atoms with Gasteiger partial charge >= 0.3 is 0 Å². The van der Waals surface area contributed by atoms with Crippen LogP contribution in [-0.2, 0) is 23.1 Å². The standard InChI is InChI=1S/C27H28F2N2O3S/c1-4-5-6-16-34-24-14-10-21(11-15-24)18-31(19-22-12-13-23(28)17-25(22)29)27-9-7-8-26(20(27)2)30-35(3,32)33/h7-15,17,30H,4,16,18-19H2,1-3H3. The minimum atomic E-state index is -3.48. The molecule has 3 aromatic carbocycles. The van der Waals surface area contributed by atoms with Gasteiger partial charge in [-0.2, -0.15) is 0 Å². The maximum atomic E-state index is 14.5.